The van der Waals surface area contributed by atoms with Crippen molar-refractivity contribution in [2.45, 2.75) is 32.1 Å². The first-order valence-corrected chi connectivity index (χ1v) is 9.09. The van der Waals surface area contributed by atoms with Gasteiger partial charge in [-0.05, 0) is 49.9 Å². The Kier molecular flexibility index (Phi) is 5.71. The van der Waals surface area contributed by atoms with Crippen LogP contribution in [-0.2, 0) is 9.53 Å². The third-order valence-corrected chi connectivity index (χ3v) is 5.36. The van der Waals surface area contributed by atoms with E-state index in [0.717, 1.165) is 31.4 Å². The molecule has 0 saturated carbocycles. The average molecular weight is 360 g/mol. The number of nitrogens with one attached hydrogen (secondary N) is 1. The highest BCUT2D eigenvalue weighted by Gasteiger charge is 2.44. The number of allylic oxidation sites excluding steroid dienone is 1. The number of carbonyl (C=O) groups is 2. The van der Waals surface area contributed by atoms with Gasteiger partial charge in [0.1, 0.15) is 5.82 Å². The van der Waals surface area contributed by atoms with Gasteiger partial charge in [0, 0.05) is 43.3 Å². The molecule has 3 rings (SSSR count). The van der Waals surface area contributed by atoms with Crippen LogP contribution in [0.4, 0.5) is 4.39 Å². The number of halogens is 1. The molecule has 2 aliphatic rings. The van der Waals surface area contributed by atoms with Crippen molar-refractivity contribution < 1.29 is 18.7 Å². The number of fused-ring (bicyclic) bond motifs is 1. The molecule has 1 N–H and O–H groups in total. The monoisotopic (exact) mass is 360 g/mol. The maximum absolute atomic E-state index is 13.0. The maximum atomic E-state index is 13.0. The van der Waals surface area contributed by atoms with Crippen molar-refractivity contribution in [1.29, 1.82) is 0 Å². The molecule has 0 aromatic heterocycles. The molecule has 26 heavy (non-hydrogen) atoms. The molecule has 1 aliphatic carbocycles. The number of carbonyl (C=O) groups excluding carboxylic acids is 2. The van der Waals surface area contributed by atoms with E-state index in [9.17, 15) is 14.0 Å². The lowest BCUT2D eigenvalue weighted by Crippen LogP contribution is -2.51. The summed E-state index contributed by atoms with van der Waals surface area (Å²) in [6.45, 7) is 1.50. The molecule has 1 atom stereocenters. The third-order valence-electron chi connectivity index (χ3n) is 5.36. The van der Waals surface area contributed by atoms with Crippen LogP contribution in [-0.4, -0.2) is 43.5 Å². The second-order valence-electron chi connectivity index (χ2n) is 6.99. The number of nitrogens with zero attached hydrogens (tertiary/aromatic N) is 1. The zero-order chi connectivity index (χ0) is 18.6. The summed E-state index contributed by atoms with van der Waals surface area (Å²) in [5.74, 6) is -0.461. The lowest BCUT2D eigenvalue weighted by atomic mass is 9.69. The highest BCUT2D eigenvalue weighted by molar-refractivity contribution is 5.94. The zero-order valence-corrected chi connectivity index (χ0v) is 15.1. The maximum Gasteiger partial charge on any atom is 0.251 e. The van der Waals surface area contributed by atoms with E-state index in [0.29, 0.717) is 31.7 Å². The van der Waals surface area contributed by atoms with Crippen molar-refractivity contribution in [3.05, 3.63) is 47.4 Å². The highest BCUT2D eigenvalue weighted by atomic mass is 19.1. The number of piperidine rings is 1. The predicted octanol–water partition coefficient (Wildman–Crippen LogP) is 2.88. The normalized spacial score (nSPS) is 22.6. The number of rotatable bonds is 6. The van der Waals surface area contributed by atoms with E-state index in [1.54, 1.807) is 7.11 Å². The Morgan fingerprint density at radius 3 is 2.81 bits per heavy atom. The lowest BCUT2D eigenvalue weighted by molar-refractivity contribution is -0.134. The molecule has 1 unspecified atom stereocenters. The van der Waals surface area contributed by atoms with E-state index < -0.39 is 0 Å². The quantitative estimate of drug-likeness (QED) is 0.849. The van der Waals surface area contributed by atoms with Gasteiger partial charge in [0.25, 0.3) is 5.91 Å². The molecule has 0 spiro atoms. The van der Waals surface area contributed by atoms with Crippen molar-refractivity contribution in [2.75, 3.05) is 26.8 Å². The average Bonchev–Trinajstić information content (AvgIpc) is 2.66. The molecule has 6 heteroatoms. The van der Waals surface area contributed by atoms with Gasteiger partial charge >= 0.3 is 0 Å². The Bertz CT molecular complexity index is 702. The first kappa shape index (κ1) is 18.6. The van der Waals surface area contributed by atoms with Crippen LogP contribution in [0.5, 0.6) is 0 Å². The van der Waals surface area contributed by atoms with Crippen LogP contribution in [0.15, 0.2) is 36.0 Å². The van der Waals surface area contributed by atoms with Crippen molar-refractivity contribution in [3.8, 4) is 0 Å². The van der Waals surface area contributed by atoms with Crippen LogP contribution in [0.25, 0.3) is 0 Å². The molecule has 2 amide bonds. The highest BCUT2D eigenvalue weighted by Crippen LogP contribution is 2.46. The van der Waals surface area contributed by atoms with Crippen LogP contribution in [0.3, 0.4) is 0 Å². The number of hydrogen-bond acceptors (Lipinski definition) is 3. The minimum Gasteiger partial charge on any atom is -0.383 e. The molecule has 1 aliphatic heterocycles. The van der Waals surface area contributed by atoms with E-state index >= 15 is 0 Å². The summed E-state index contributed by atoms with van der Waals surface area (Å²) in [6.07, 6.45) is 6.29. The van der Waals surface area contributed by atoms with Crippen molar-refractivity contribution in [1.82, 2.24) is 10.2 Å². The van der Waals surface area contributed by atoms with Gasteiger partial charge in [-0.1, -0.05) is 6.08 Å². The van der Waals surface area contributed by atoms with Crippen LogP contribution in [0.1, 0.15) is 42.5 Å². The molecule has 1 saturated heterocycles. The van der Waals surface area contributed by atoms with E-state index in [4.69, 9.17) is 4.74 Å². The number of benzene rings is 1. The summed E-state index contributed by atoms with van der Waals surface area (Å²) in [4.78, 5) is 26.7. The first-order chi connectivity index (χ1) is 12.6. The van der Waals surface area contributed by atoms with Crippen molar-refractivity contribution in [2.24, 2.45) is 5.41 Å². The fraction of sp³-hybridized carbons (Fsp3) is 0.500. The second kappa shape index (κ2) is 7.99. The Labute approximate surface area is 153 Å². The zero-order valence-electron chi connectivity index (χ0n) is 15.1. The summed E-state index contributed by atoms with van der Waals surface area (Å²) in [5.41, 5.74) is 1.25. The van der Waals surface area contributed by atoms with Crippen LogP contribution < -0.4 is 5.32 Å². The van der Waals surface area contributed by atoms with Gasteiger partial charge < -0.3 is 15.0 Å². The second-order valence-corrected chi connectivity index (χ2v) is 6.99. The molecule has 140 valence electrons. The van der Waals surface area contributed by atoms with Crippen LogP contribution in [0, 0.1) is 11.2 Å². The van der Waals surface area contributed by atoms with E-state index in [2.05, 4.69) is 11.4 Å². The number of amides is 2. The largest absolute Gasteiger partial charge is 0.383 e. The van der Waals surface area contributed by atoms with Crippen molar-refractivity contribution in [3.63, 3.8) is 0 Å². The van der Waals surface area contributed by atoms with Gasteiger partial charge in [0.15, 0.2) is 0 Å². The van der Waals surface area contributed by atoms with Gasteiger partial charge in [-0.2, -0.15) is 0 Å². The fourth-order valence-electron chi connectivity index (χ4n) is 3.94. The fourth-order valence-corrected chi connectivity index (χ4v) is 3.94. The minimum absolute atomic E-state index is 0.121. The molecule has 1 heterocycles. The van der Waals surface area contributed by atoms with Gasteiger partial charge in [-0.15, -0.1) is 0 Å². The Morgan fingerprint density at radius 2 is 2.08 bits per heavy atom. The topological polar surface area (TPSA) is 58.6 Å². The van der Waals surface area contributed by atoms with Crippen LogP contribution in [0.2, 0.25) is 0 Å². The van der Waals surface area contributed by atoms with Gasteiger partial charge in [0.2, 0.25) is 5.91 Å². The molecule has 1 aromatic carbocycles. The standard InChI is InChI=1S/C20H25FN2O3/c1-26-13-12-23-17-4-2-3-10-20(17,11-9-18(23)24)14-22-19(25)15-5-7-16(21)8-6-15/h4-8H,2-3,9-14H2,1H3,(H,22,25). The molecule has 0 bridgehead atoms. The summed E-state index contributed by atoms with van der Waals surface area (Å²) in [7, 11) is 1.62. The van der Waals surface area contributed by atoms with Crippen LogP contribution >= 0.6 is 0 Å². The first-order valence-electron chi connectivity index (χ1n) is 9.09. The molecule has 1 aromatic rings. The summed E-state index contributed by atoms with van der Waals surface area (Å²) in [5, 5.41) is 3.00. The predicted molar refractivity (Wildman–Crippen MR) is 95.9 cm³/mol. The van der Waals surface area contributed by atoms with Crippen molar-refractivity contribution >= 4 is 11.8 Å². The Morgan fingerprint density at radius 1 is 1.31 bits per heavy atom. The summed E-state index contributed by atoms with van der Waals surface area (Å²) in [6, 6.07) is 5.53. The van der Waals surface area contributed by atoms with Gasteiger partial charge in [0.05, 0.1) is 6.61 Å². The van der Waals surface area contributed by atoms with Gasteiger partial charge in [-0.3, -0.25) is 9.59 Å². The van der Waals surface area contributed by atoms with Gasteiger partial charge in [-0.25, -0.2) is 4.39 Å². The molecule has 5 nitrogen and oxygen atoms in total. The third kappa shape index (κ3) is 3.80. The number of likely N-dealkylation sites (tertiary alicyclic amines) is 1. The molecular weight excluding hydrogens is 335 g/mol. The number of methoxy groups -OCH3 is 1. The number of hydrogen-bond donors (Lipinski definition) is 1. The summed E-state index contributed by atoms with van der Waals surface area (Å²) >= 11 is 0. The molecule has 1 fully saturated rings. The van der Waals surface area contributed by atoms with E-state index in [-0.39, 0.29) is 23.0 Å². The molecular formula is C20H25FN2O3. The SMILES string of the molecule is COCCN1C(=O)CCC2(CNC(=O)c3ccc(F)cc3)CCCC=C12. The molecule has 0 radical (unpaired) electrons. The number of ether oxygens (including phenoxy) is 1. The minimum atomic E-state index is -0.364. The lowest BCUT2D eigenvalue weighted by Gasteiger charge is -2.47. The Balaban J connectivity index is 1.74. The van der Waals surface area contributed by atoms with E-state index in [1.807, 2.05) is 4.90 Å². The van der Waals surface area contributed by atoms with E-state index in [1.165, 1.54) is 24.3 Å². The Hall–Kier alpha value is -2.21. The smallest absolute Gasteiger partial charge is 0.251 e. The summed E-state index contributed by atoms with van der Waals surface area (Å²) < 4.78 is 18.2.